The van der Waals surface area contributed by atoms with Crippen LogP contribution in [0.15, 0.2) is 24.3 Å². The normalized spacial score (nSPS) is 10.7. The van der Waals surface area contributed by atoms with Crippen LogP contribution in [-0.2, 0) is 14.3 Å². The molecule has 1 aromatic rings. The molecule has 0 aromatic heterocycles. The molecular formula is C17H24N2O5. The first-order valence-electron chi connectivity index (χ1n) is 7.67. The van der Waals surface area contributed by atoms with Crippen LogP contribution >= 0.6 is 0 Å². The molecule has 7 heteroatoms. The van der Waals surface area contributed by atoms with Crippen molar-refractivity contribution >= 4 is 17.8 Å². The molecule has 2 amide bonds. The third-order valence-electron chi connectivity index (χ3n) is 3.47. The number of benzene rings is 1. The average Bonchev–Trinajstić information content (AvgIpc) is 2.57. The Labute approximate surface area is 141 Å². The molecule has 0 aliphatic carbocycles. The van der Waals surface area contributed by atoms with Gasteiger partial charge in [0.1, 0.15) is 12.3 Å². The monoisotopic (exact) mass is 336 g/mol. The van der Waals surface area contributed by atoms with E-state index in [1.165, 1.54) is 7.11 Å². The summed E-state index contributed by atoms with van der Waals surface area (Å²) in [5.41, 5.74) is -0.0445. The lowest BCUT2D eigenvalue weighted by Gasteiger charge is -2.24. The molecule has 0 atom stereocenters. The summed E-state index contributed by atoms with van der Waals surface area (Å²) in [6.45, 7) is 4.98. The quantitative estimate of drug-likeness (QED) is 0.697. The zero-order valence-electron chi connectivity index (χ0n) is 14.5. The standard InChI is InChI=1S/C17H24N2O5/c1-5-17(2,3)19-14(20)11-24-15(21)10-18-16(22)12-8-6-7-9-13(12)23-4/h6-9H,5,10-11H2,1-4H3,(H,18,22)(H,19,20). The SMILES string of the molecule is CCC(C)(C)NC(=O)COC(=O)CNC(=O)c1ccccc1OC. The first-order valence-corrected chi connectivity index (χ1v) is 7.67. The fourth-order valence-corrected chi connectivity index (χ4v) is 1.78. The van der Waals surface area contributed by atoms with Gasteiger partial charge in [0, 0.05) is 5.54 Å². The van der Waals surface area contributed by atoms with Crippen molar-refractivity contribution in [3.8, 4) is 5.75 Å². The Hall–Kier alpha value is -2.57. The number of amides is 2. The third kappa shape index (κ3) is 6.28. The Balaban J connectivity index is 2.41. The molecule has 7 nitrogen and oxygen atoms in total. The van der Waals surface area contributed by atoms with Crippen LogP contribution in [0.1, 0.15) is 37.6 Å². The van der Waals surface area contributed by atoms with Crippen LogP contribution in [0.25, 0.3) is 0 Å². The van der Waals surface area contributed by atoms with Crippen LogP contribution in [0.2, 0.25) is 0 Å². The Bertz CT molecular complexity index is 598. The second-order valence-electron chi connectivity index (χ2n) is 5.83. The van der Waals surface area contributed by atoms with Crippen LogP contribution in [0, 0.1) is 0 Å². The summed E-state index contributed by atoms with van der Waals surface area (Å²) in [5.74, 6) is -1.13. The number of ether oxygens (including phenoxy) is 2. The summed E-state index contributed by atoms with van der Waals surface area (Å²) in [6, 6.07) is 6.66. The summed E-state index contributed by atoms with van der Waals surface area (Å²) >= 11 is 0. The summed E-state index contributed by atoms with van der Waals surface area (Å²) < 4.78 is 9.92. The van der Waals surface area contributed by atoms with Crippen molar-refractivity contribution in [2.24, 2.45) is 0 Å². The lowest BCUT2D eigenvalue weighted by molar-refractivity contribution is -0.148. The van der Waals surface area contributed by atoms with Crippen molar-refractivity contribution < 1.29 is 23.9 Å². The van der Waals surface area contributed by atoms with Gasteiger partial charge in [-0.2, -0.15) is 0 Å². The minimum absolute atomic E-state index is 0.315. The van der Waals surface area contributed by atoms with Crippen LogP contribution in [0.4, 0.5) is 0 Å². The van der Waals surface area contributed by atoms with Gasteiger partial charge in [-0.1, -0.05) is 19.1 Å². The number of methoxy groups -OCH3 is 1. The molecule has 2 N–H and O–H groups in total. The van der Waals surface area contributed by atoms with E-state index < -0.39 is 11.9 Å². The van der Waals surface area contributed by atoms with Gasteiger partial charge in [-0.15, -0.1) is 0 Å². The zero-order chi connectivity index (χ0) is 18.2. The van der Waals surface area contributed by atoms with Crippen molar-refractivity contribution in [2.75, 3.05) is 20.3 Å². The predicted octanol–water partition coefficient (Wildman–Crippen LogP) is 1.27. The maximum Gasteiger partial charge on any atom is 0.325 e. The van der Waals surface area contributed by atoms with Gasteiger partial charge >= 0.3 is 5.97 Å². The van der Waals surface area contributed by atoms with Crippen LogP contribution in [0.5, 0.6) is 5.75 Å². The van der Waals surface area contributed by atoms with E-state index in [2.05, 4.69) is 10.6 Å². The maximum absolute atomic E-state index is 12.0. The second kappa shape index (κ2) is 8.90. The molecule has 0 heterocycles. The molecule has 0 unspecified atom stereocenters. The highest BCUT2D eigenvalue weighted by molar-refractivity contribution is 5.98. The molecule has 0 saturated carbocycles. The van der Waals surface area contributed by atoms with Gasteiger partial charge in [0.05, 0.1) is 12.7 Å². The number of carbonyl (C=O) groups excluding carboxylic acids is 3. The zero-order valence-corrected chi connectivity index (χ0v) is 14.5. The predicted molar refractivity (Wildman–Crippen MR) is 88.8 cm³/mol. The molecule has 0 aliphatic rings. The average molecular weight is 336 g/mol. The Morgan fingerprint density at radius 2 is 1.83 bits per heavy atom. The van der Waals surface area contributed by atoms with Crippen molar-refractivity contribution in [3.63, 3.8) is 0 Å². The fraction of sp³-hybridized carbons (Fsp3) is 0.471. The Morgan fingerprint density at radius 1 is 1.17 bits per heavy atom. The fourth-order valence-electron chi connectivity index (χ4n) is 1.78. The molecule has 0 bridgehead atoms. The highest BCUT2D eigenvalue weighted by Gasteiger charge is 2.19. The molecule has 0 aliphatic heterocycles. The summed E-state index contributed by atoms with van der Waals surface area (Å²) in [6.07, 6.45) is 0.752. The summed E-state index contributed by atoms with van der Waals surface area (Å²) in [5, 5.41) is 5.18. The number of nitrogens with one attached hydrogen (secondary N) is 2. The largest absolute Gasteiger partial charge is 0.496 e. The third-order valence-corrected chi connectivity index (χ3v) is 3.47. The number of hydrogen-bond acceptors (Lipinski definition) is 5. The number of esters is 1. The maximum atomic E-state index is 12.0. The van der Waals surface area contributed by atoms with Crippen LogP contribution < -0.4 is 15.4 Å². The van der Waals surface area contributed by atoms with E-state index >= 15 is 0 Å². The lowest BCUT2D eigenvalue weighted by atomic mass is 10.0. The van der Waals surface area contributed by atoms with E-state index in [1.807, 2.05) is 20.8 Å². The summed E-state index contributed by atoms with van der Waals surface area (Å²) in [4.78, 5) is 35.3. The second-order valence-corrected chi connectivity index (χ2v) is 5.83. The number of para-hydroxylation sites is 1. The smallest absolute Gasteiger partial charge is 0.325 e. The topological polar surface area (TPSA) is 93.7 Å². The van der Waals surface area contributed by atoms with E-state index in [4.69, 9.17) is 9.47 Å². The van der Waals surface area contributed by atoms with E-state index in [9.17, 15) is 14.4 Å². The van der Waals surface area contributed by atoms with Gasteiger partial charge in [-0.05, 0) is 32.4 Å². The van der Waals surface area contributed by atoms with Crippen molar-refractivity contribution in [3.05, 3.63) is 29.8 Å². The van der Waals surface area contributed by atoms with Crippen molar-refractivity contribution in [1.29, 1.82) is 0 Å². The first kappa shape index (κ1) is 19.5. The number of hydrogen-bond donors (Lipinski definition) is 2. The highest BCUT2D eigenvalue weighted by atomic mass is 16.5. The number of rotatable bonds is 8. The lowest BCUT2D eigenvalue weighted by Crippen LogP contribution is -2.45. The minimum Gasteiger partial charge on any atom is -0.496 e. The Morgan fingerprint density at radius 3 is 2.46 bits per heavy atom. The molecule has 24 heavy (non-hydrogen) atoms. The van der Waals surface area contributed by atoms with E-state index in [1.54, 1.807) is 24.3 Å². The molecule has 0 saturated heterocycles. The molecule has 0 radical (unpaired) electrons. The van der Waals surface area contributed by atoms with Crippen molar-refractivity contribution in [2.45, 2.75) is 32.7 Å². The number of carbonyl (C=O) groups is 3. The Kier molecular flexibility index (Phi) is 7.23. The molecule has 1 rings (SSSR count). The molecular weight excluding hydrogens is 312 g/mol. The molecule has 0 fully saturated rings. The van der Waals surface area contributed by atoms with Gasteiger partial charge in [0.15, 0.2) is 6.61 Å². The first-order chi connectivity index (χ1) is 11.3. The molecule has 132 valence electrons. The van der Waals surface area contributed by atoms with Crippen molar-refractivity contribution in [1.82, 2.24) is 10.6 Å². The van der Waals surface area contributed by atoms with Gasteiger partial charge in [-0.25, -0.2) is 0 Å². The van der Waals surface area contributed by atoms with Gasteiger partial charge in [0.2, 0.25) is 0 Å². The summed E-state index contributed by atoms with van der Waals surface area (Å²) in [7, 11) is 1.46. The van der Waals surface area contributed by atoms with Gasteiger partial charge < -0.3 is 20.1 Å². The minimum atomic E-state index is -0.692. The van der Waals surface area contributed by atoms with Gasteiger partial charge in [0.25, 0.3) is 11.8 Å². The van der Waals surface area contributed by atoms with Gasteiger partial charge in [-0.3, -0.25) is 14.4 Å². The van der Waals surface area contributed by atoms with E-state index in [0.717, 1.165) is 6.42 Å². The van der Waals surface area contributed by atoms with Crippen LogP contribution in [0.3, 0.4) is 0 Å². The van der Waals surface area contributed by atoms with Crippen LogP contribution in [-0.4, -0.2) is 43.6 Å². The highest BCUT2D eigenvalue weighted by Crippen LogP contribution is 2.16. The van der Waals surface area contributed by atoms with E-state index in [-0.39, 0.29) is 24.6 Å². The molecule has 1 aromatic carbocycles. The molecule has 0 spiro atoms. The van der Waals surface area contributed by atoms with E-state index in [0.29, 0.717) is 11.3 Å².